The molecule has 0 aliphatic heterocycles. The van der Waals surface area contributed by atoms with Gasteiger partial charge in [-0.2, -0.15) is 5.10 Å². The fraction of sp³-hybridized carbons (Fsp3) is 0.438. The molecule has 0 bridgehead atoms. The molecule has 0 saturated carbocycles. The molecule has 126 valence electrons. The summed E-state index contributed by atoms with van der Waals surface area (Å²) in [5.74, 6) is 1.39. The first-order chi connectivity index (χ1) is 11.6. The summed E-state index contributed by atoms with van der Waals surface area (Å²) < 4.78 is 3.88. The third-order valence-corrected chi connectivity index (χ3v) is 3.95. The minimum atomic E-state index is -0.0448. The quantitative estimate of drug-likeness (QED) is 0.748. The van der Waals surface area contributed by atoms with Crippen LogP contribution in [0.15, 0.2) is 24.8 Å². The van der Waals surface area contributed by atoms with Crippen LogP contribution < -0.4 is 5.32 Å². The minimum absolute atomic E-state index is 0.0448. The number of rotatable bonds is 6. The molecule has 0 unspecified atom stereocenters. The van der Waals surface area contributed by atoms with Gasteiger partial charge in [0.05, 0.1) is 17.9 Å². The predicted molar refractivity (Wildman–Crippen MR) is 91.3 cm³/mol. The Morgan fingerprint density at radius 1 is 1.33 bits per heavy atom. The molecule has 24 heavy (non-hydrogen) atoms. The standard InChI is InChI=1S/C16H22N8/c1-5-8-24-12(3)13(9-19-24)14-6-7-17-16(21-14)20-11(2)15-22-18-10-23(15)4/h6-7,9-11H,5,8H2,1-4H3,(H,17,20,21)/t11-/m1/s1. The molecule has 0 fully saturated rings. The molecule has 3 aromatic heterocycles. The van der Waals surface area contributed by atoms with Crippen LogP contribution in [0.2, 0.25) is 0 Å². The molecule has 0 saturated heterocycles. The van der Waals surface area contributed by atoms with Gasteiger partial charge in [-0.1, -0.05) is 6.92 Å². The number of nitrogens with zero attached hydrogens (tertiary/aromatic N) is 7. The van der Waals surface area contributed by atoms with Crippen molar-refractivity contribution >= 4 is 5.95 Å². The monoisotopic (exact) mass is 326 g/mol. The van der Waals surface area contributed by atoms with Gasteiger partial charge < -0.3 is 9.88 Å². The third kappa shape index (κ3) is 3.12. The normalized spacial score (nSPS) is 12.3. The summed E-state index contributed by atoms with van der Waals surface area (Å²) in [5, 5.41) is 15.7. The summed E-state index contributed by atoms with van der Waals surface area (Å²) in [6.07, 6.45) is 6.35. The van der Waals surface area contributed by atoms with E-state index in [4.69, 9.17) is 0 Å². The number of aryl methyl sites for hydroxylation is 2. The summed E-state index contributed by atoms with van der Waals surface area (Å²) >= 11 is 0. The van der Waals surface area contributed by atoms with Crippen molar-refractivity contribution < 1.29 is 0 Å². The van der Waals surface area contributed by atoms with Crippen molar-refractivity contribution in [1.82, 2.24) is 34.5 Å². The molecule has 3 heterocycles. The Kier molecular flexibility index (Phi) is 4.54. The number of hydrogen-bond acceptors (Lipinski definition) is 6. The lowest BCUT2D eigenvalue weighted by atomic mass is 10.2. The van der Waals surface area contributed by atoms with Crippen molar-refractivity contribution in [3.8, 4) is 11.3 Å². The zero-order valence-corrected chi connectivity index (χ0v) is 14.4. The van der Waals surface area contributed by atoms with Crippen LogP contribution in [0, 0.1) is 6.92 Å². The van der Waals surface area contributed by atoms with Gasteiger partial charge in [0.2, 0.25) is 5.95 Å². The maximum Gasteiger partial charge on any atom is 0.223 e. The van der Waals surface area contributed by atoms with E-state index in [1.54, 1.807) is 12.5 Å². The highest BCUT2D eigenvalue weighted by molar-refractivity contribution is 5.61. The first-order valence-electron chi connectivity index (χ1n) is 8.06. The number of aromatic nitrogens is 7. The highest BCUT2D eigenvalue weighted by Gasteiger charge is 2.14. The van der Waals surface area contributed by atoms with Crippen molar-refractivity contribution in [2.45, 2.75) is 39.8 Å². The maximum atomic E-state index is 4.62. The van der Waals surface area contributed by atoms with Crippen molar-refractivity contribution in [3.05, 3.63) is 36.3 Å². The Morgan fingerprint density at radius 2 is 2.17 bits per heavy atom. The van der Waals surface area contributed by atoms with Crippen LogP contribution in [-0.4, -0.2) is 34.5 Å². The lowest BCUT2D eigenvalue weighted by Gasteiger charge is -2.13. The third-order valence-electron chi connectivity index (χ3n) is 3.95. The molecule has 1 atom stereocenters. The smallest absolute Gasteiger partial charge is 0.223 e. The zero-order chi connectivity index (χ0) is 17.1. The van der Waals surface area contributed by atoms with Crippen LogP contribution >= 0.6 is 0 Å². The summed E-state index contributed by atoms with van der Waals surface area (Å²) in [4.78, 5) is 8.93. The molecule has 0 spiro atoms. The van der Waals surface area contributed by atoms with Crippen LogP contribution in [0.4, 0.5) is 5.95 Å². The number of anilines is 1. The molecule has 0 aromatic carbocycles. The van der Waals surface area contributed by atoms with Crippen LogP contribution in [0.3, 0.4) is 0 Å². The molecule has 3 rings (SSSR count). The Hall–Kier alpha value is -2.77. The highest BCUT2D eigenvalue weighted by atomic mass is 15.3. The maximum absolute atomic E-state index is 4.62. The SMILES string of the molecule is CCCn1ncc(-c2ccnc(N[C@H](C)c3nncn3C)n2)c1C. The van der Waals surface area contributed by atoms with Gasteiger partial charge in [0, 0.05) is 31.0 Å². The van der Waals surface area contributed by atoms with E-state index in [1.165, 1.54) is 0 Å². The van der Waals surface area contributed by atoms with E-state index in [0.717, 1.165) is 35.7 Å². The molecule has 0 radical (unpaired) electrons. The van der Waals surface area contributed by atoms with Crippen molar-refractivity contribution in [2.75, 3.05) is 5.32 Å². The van der Waals surface area contributed by atoms with Gasteiger partial charge in [0.1, 0.15) is 6.33 Å². The van der Waals surface area contributed by atoms with E-state index in [0.29, 0.717) is 5.95 Å². The summed E-state index contributed by atoms with van der Waals surface area (Å²) in [5.41, 5.74) is 3.00. The topological polar surface area (TPSA) is 86.3 Å². The highest BCUT2D eigenvalue weighted by Crippen LogP contribution is 2.23. The minimum Gasteiger partial charge on any atom is -0.344 e. The molecular weight excluding hydrogens is 304 g/mol. The zero-order valence-electron chi connectivity index (χ0n) is 14.4. The number of hydrogen-bond donors (Lipinski definition) is 1. The lowest BCUT2D eigenvalue weighted by Crippen LogP contribution is -2.13. The van der Waals surface area contributed by atoms with Gasteiger partial charge in [-0.05, 0) is 26.3 Å². The molecule has 3 aromatic rings. The fourth-order valence-electron chi connectivity index (χ4n) is 2.66. The Labute approximate surface area is 141 Å². The Morgan fingerprint density at radius 3 is 2.88 bits per heavy atom. The number of nitrogens with one attached hydrogen (secondary N) is 1. The van der Waals surface area contributed by atoms with E-state index >= 15 is 0 Å². The Bertz CT molecular complexity index is 819. The average molecular weight is 326 g/mol. The summed E-state index contributed by atoms with van der Waals surface area (Å²) in [7, 11) is 1.91. The average Bonchev–Trinajstić information content (AvgIpc) is 3.15. The van der Waals surface area contributed by atoms with Crippen LogP contribution in [0.5, 0.6) is 0 Å². The van der Waals surface area contributed by atoms with Crippen LogP contribution in [0.25, 0.3) is 11.3 Å². The largest absolute Gasteiger partial charge is 0.344 e. The second-order valence-corrected chi connectivity index (χ2v) is 5.80. The molecule has 0 aliphatic carbocycles. The lowest BCUT2D eigenvalue weighted by molar-refractivity contribution is 0.587. The van der Waals surface area contributed by atoms with Gasteiger partial charge in [0.25, 0.3) is 0 Å². The molecule has 8 nitrogen and oxygen atoms in total. The molecule has 8 heteroatoms. The first kappa shape index (κ1) is 16.1. The first-order valence-corrected chi connectivity index (χ1v) is 8.06. The fourth-order valence-corrected chi connectivity index (χ4v) is 2.66. The molecular formula is C16H22N8. The van der Waals surface area contributed by atoms with Gasteiger partial charge in [0.15, 0.2) is 5.82 Å². The second kappa shape index (κ2) is 6.77. The van der Waals surface area contributed by atoms with Crippen molar-refractivity contribution in [2.24, 2.45) is 7.05 Å². The second-order valence-electron chi connectivity index (χ2n) is 5.80. The van der Waals surface area contributed by atoms with E-state index in [2.05, 4.69) is 44.4 Å². The summed E-state index contributed by atoms with van der Waals surface area (Å²) in [6, 6.07) is 1.86. The van der Waals surface area contributed by atoms with Crippen LogP contribution in [-0.2, 0) is 13.6 Å². The Balaban J connectivity index is 1.83. The summed E-state index contributed by atoms with van der Waals surface area (Å²) in [6.45, 7) is 7.12. The predicted octanol–water partition coefficient (Wildman–Crippen LogP) is 2.36. The van der Waals surface area contributed by atoms with Gasteiger partial charge >= 0.3 is 0 Å². The van der Waals surface area contributed by atoms with Gasteiger partial charge in [-0.15, -0.1) is 10.2 Å². The van der Waals surface area contributed by atoms with E-state index in [1.807, 2.05) is 35.5 Å². The molecule has 1 N–H and O–H groups in total. The van der Waals surface area contributed by atoms with Crippen LogP contribution in [0.1, 0.15) is 37.8 Å². The van der Waals surface area contributed by atoms with E-state index in [-0.39, 0.29) is 6.04 Å². The van der Waals surface area contributed by atoms with Gasteiger partial charge in [-0.25, -0.2) is 9.97 Å². The molecule has 0 amide bonds. The van der Waals surface area contributed by atoms with E-state index < -0.39 is 0 Å². The molecule has 0 aliphatic rings. The van der Waals surface area contributed by atoms with Crippen molar-refractivity contribution in [1.29, 1.82) is 0 Å². The van der Waals surface area contributed by atoms with Crippen molar-refractivity contribution in [3.63, 3.8) is 0 Å². The van der Waals surface area contributed by atoms with E-state index in [9.17, 15) is 0 Å². The van der Waals surface area contributed by atoms with Gasteiger partial charge in [-0.3, -0.25) is 4.68 Å².